The first kappa shape index (κ1) is 22.6. The molecule has 0 fully saturated rings. The molecule has 2 heterocycles. The smallest absolute Gasteiger partial charge is 0.246 e. The predicted octanol–water partition coefficient (Wildman–Crippen LogP) is 4.54. The van der Waals surface area contributed by atoms with Gasteiger partial charge in [-0.25, -0.2) is 18.1 Å². The lowest BCUT2D eigenvalue weighted by molar-refractivity contribution is 0.328. The number of nitrogens with one attached hydrogen (secondary N) is 1. The Bertz CT molecular complexity index is 1160. The van der Waals surface area contributed by atoms with E-state index in [0.717, 1.165) is 16.7 Å². The molecule has 160 valence electrons. The van der Waals surface area contributed by atoms with Gasteiger partial charge in [-0.3, -0.25) is 4.68 Å². The lowest BCUT2D eigenvalue weighted by Gasteiger charge is -2.16. The largest absolute Gasteiger partial charge is 0.478 e. The van der Waals surface area contributed by atoms with E-state index in [0.29, 0.717) is 23.2 Å². The zero-order valence-corrected chi connectivity index (χ0v) is 19.3. The van der Waals surface area contributed by atoms with Gasteiger partial charge in [0.2, 0.25) is 15.9 Å². The highest BCUT2D eigenvalue weighted by molar-refractivity contribution is 7.89. The zero-order valence-electron chi connectivity index (χ0n) is 17.0. The second-order valence-corrected chi connectivity index (χ2v) is 9.18. The summed E-state index contributed by atoms with van der Waals surface area (Å²) >= 11 is 12.2. The monoisotopic (exact) mass is 468 g/mol. The van der Waals surface area contributed by atoms with Crippen molar-refractivity contribution in [1.29, 1.82) is 0 Å². The second kappa shape index (κ2) is 8.93. The Hall–Kier alpha value is -2.13. The molecule has 0 aliphatic heterocycles. The Balaban J connectivity index is 1.86. The van der Waals surface area contributed by atoms with E-state index in [9.17, 15) is 8.42 Å². The van der Waals surface area contributed by atoms with E-state index >= 15 is 0 Å². The molecule has 1 atom stereocenters. The van der Waals surface area contributed by atoms with Crippen LogP contribution in [0.3, 0.4) is 0 Å². The minimum Gasteiger partial charge on any atom is -0.478 e. The van der Waals surface area contributed by atoms with E-state index < -0.39 is 16.1 Å². The third kappa shape index (κ3) is 4.62. The first-order chi connectivity index (χ1) is 14.1. The number of ether oxygens (including phenoxy) is 1. The highest BCUT2D eigenvalue weighted by Crippen LogP contribution is 2.32. The Morgan fingerprint density at radius 2 is 1.90 bits per heavy atom. The number of pyridine rings is 1. The van der Waals surface area contributed by atoms with Gasteiger partial charge in [-0.1, -0.05) is 47.5 Å². The van der Waals surface area contributed by atoms with Crippen LogP contribution in [-0.2, 0) is 17.1 Å². The summed E-state index contributed by atoms with van der Waals surface area (Å²) in [5, 5.41) is 4.64. The van der Waals surface area contributed by atoms with E-state index in [4.69, 9.17) is 27.9 Å². The summed E-state index contributed by atoms with van der Waals surface area (Å²) in [6.07, 6.45) is 1.53. The van der Waals surface area contributed by atoms with Crippen LogP contribution in [0.2, 0.25) is 10.2 Å². The maximum absolute atomic E-state index is 12.8. The van der Waals surface area contributed by atoms with Gasteiger partial charge in [0.25, 0.3) is 0 Å². The van der Waals surface area contributed by atoms with Crippen LogP contribution in [0, 0.1) is 6.92 Å². The predicted molar refractivity (Wildman–Crippen MR) is 118 cm³/mol. The van der Waals surface area contributed by atoms with Crippen molar-refractivity contribution in [2.45, 2.75) is 31.7 Å². The van der Waals surface area contributed by atoms with Gasteiger partial charge >= 0.3 is 0 Å². The fourth-order valence-electron chi connectivity index (χ4n) is 3.11. The topological polar surface area (TPSA) is 86.1 Å². The Morgan fingerprint density at radius 3 is 2.47 bits per heavy atom. The summed E-state index contributed by atoms with van der Waals surface area (Å²) in [5.74, 6) is 0.491. The maximum Gasteiger partial charge on any atom is 0.246 e. The molecule has 0 aliphatic carbocycles. The van der Waals surface area contributed by atoms with Gasteiger partial charge in [-0.2, -0.15) is 5.10 Å². The van der Waals surface area contributed by atoms with Crippen molar-refractivity contribution in [3.63, 3.8) is 0 Å². The van der Waals surface area contributed by atoms with Crippen molar-refractivity contribution in [2.75, 3.05) is 6.61 Å². The third-order valence-corrected chi connectivity index (χ3v) is 6.96. The molecule has 0 radical (unpaired) electrons. The van der Waals surface area contributed by atoms with Crippen LogP contribution in [-0.4, -0.2) is 29.8 Å². The molecule has 0 spiro atoms. The van der Waals surface area contributed by atoms with E-state index in [1.807, 2.05) is 31.2 Å². The normalized spacial score (nSPS) is 12.7. The molecule has 0 bridgehead atoms. The number of aromatic nitrogens is 3. The first-order valence-corrected chi connectivity index (χ1v) is 11.5. The number of rotatable bonds is 7. The molecule has 30 heavy (non-hydrogen) atoms. The molecule has 10 heteroatoms. The molecular weight excluding hydrogens is 447 g/mol. The van der Waals surface area contributed by atoms with Gasteiger partial charge < -0.3 is 4.74 Å². The summed E-state index contributed by atoms with van der Waals surface area (Å²) in [7, 11) is -2.25. The van der Waals surface area contributed by atoms with Crippen molar-refractivity contribution in [2.24, 2.45) is 7.05 Å². The fourth-order valence-corrected chi connectivity index (χ4v) is 5.25. The van der Waals surface area contributed by atoms with E-state index in [1.54, 1.807) is 27.0 Å². The number of aryl methyl sites for hydroxylation is 2. The maximum atomic E-state index is 12.8. The van der Waals surface area contributed by atoms with Gasteiger partial charge in [-0.05, 0) is 38.0 Å². The molecule has 0 aliphatic rings. The standard InChI is InChI=1S/C20H22Cl2N4O3S/c1-5-29-20-17(10-16(21)11-23-20)15-8-6-14(7-9-15)12(2)25-30(27,28)18-13(3)24-26(4)19(18)22/h6-12,25H,5H2,1-4H3/t12-/m1/s1. The molecule has 0 amide bonds. The molecule has 0 unspecified atom stereocenters. The van der Waals surface area contributed by atoms with Crippen LogP contribution in [0.25, 0.3) is 11.1 Å². The van der Waals surface area contributed by atoms with Gasteiger partial charge in [0.1, 0.15) is 10.0 Å². The first-order valence-electron chi connectivity index (χ1n) is 9.24. The Labute approximate surface area is 186 Å². The summed E-state index contributed by atoms with van der Waals surface area (Å²) in [4.78, 5) is 4.22. The van der Waals surface area contributed by atoms with Crippen molar-refractivity contribution in [1.82, 2.24) is 19.5 Å². The molecule has 2 aromatic heterocycles. The van der Waals surface area contributed by atoms with Crippen LogP contribution in [0.5, 0.6) is 5.88 Å². The molecule has 1 aromatic carbocycles. The average Bonchev–Trinajstić information content (AvgIpc) is 2.95. The van der Waals surface area contributed by atoms with Gasteiger partial charge in [0.15, 0.2) is 0 Å². The molecule has 7 nitrogen and oxygen atoms in total. The van der Waals surface area contributed by atoms with Gasteiger partial charge in [0.05, 0.1) is 17.3 Å². The van der Waals surface area contributed by atoms with Crippen molar-refractivity contribution in [3.05, 3.63) is 58.0 Å². The average molecular weight is 469 g/mol. The number of benzene rings is 1. The Kier molecular flexibility index (Phi) is 6.71. The highest BCUT2D eigenvalue weighted by Gasteiger charge is 2.27. The number of nitrogens with zero attached hydrogens (tertiary/aromatic N) is 3. The summed E-state index contributed by atoms with van der Waals surface area (Å²) in [5.41, 5.74) is 2.75. The van der Waals surface area contributed by atoms with Gasteiger partial charge in [-0.15, -0.1) is 0 Å². The van der Waals surface area contributed by atoms with Crippen molar-refractivity contribution in [3.8, 4) is 17.0 Å². The molecule has 3 rings (SSSR count). The van der Waals surface area contributed by atoms with E-state index in [1.165, 1.54) is 10.9 Å². The summed E-state index contributed by atoms with van der Waals surface area (Å²) in [6.45, 7) is 5.73. The minimum absolute atomic E-state index is 0.0125. The quantitative estimate of drug-likeness (QED) is 0.549. The lowest BCUT2D eigenvalue weighted by Crippen LogP contribution is -2.27. The van der Waals surface area contributed by atoms with Crippen LogP contribution in [0.15, 0.2) is 41.4 Å². The SMILES string of the molecule is CCOc1ncc(Cl)cc1-c1ccc([C@@H](C)NS(=O)(=O)c2c(C)nn(C)c2Cl)cc1. The fraction of sp³-hybridized carbons (Fsp3) is 0.300. The molecule has 3 aromatic rings. The third-order valence-electron chi connectivity index (χ3n) is 4.52. The number of hydrogen-bond donors (Lipinski definition) is 1. The second-order valence-electron chi connectivity index (χ2n) is 6.73. The molecule has 0 saturated carbocycles. The lowest BCUT2D eigenvalue weighted by atomic mass is 10.0. The van der Waals surface area contributed by atoms with E-state index in [2.05, 4.69) is 14.8 Å². The molecule has 0 saturated heterocycles. The van der Waals surface area contributed by atoms with Gasteiger partial charge in [0, 0.05) is 24.8 Å². The van der Waals surface area contributed by atoms with Crippen LogP contribution >= 0.6 is 23.2 Å². The number of sulfonamides is 1. The zero-order chi connectivity index (χ0) is 22.1. The van der Waals surface area contributed by atoms with Crippen LogP contribution < -0.4 is 9.46 Å². The van der Waals surface area contributed by atoms with Crippen molar-refractivity contribution >= 4 is 33.2 Å². The summed E-state index contributed by atoms with van der Waals surface area (Å²) < 4.78 is 35.2. The number of hydrogen-bond acceptors (Lipinski definition) is 5. The van der Waals surface area contributed by atoms with Crippen LogP contribution in [0.4, 0.5) is 0 Å². The van der Waals surface area contributed by atoms with Crippen molar-refractivity contribution < 1.29 is 13.2 Å². The minimum atomic E-state index is -3.84. The van der Waals surface area contributed by atoms with E-state index in [-0.39, 0.29) is 10.0 Å². The number of halogens is 2. The molecule has 1 N–H and O–H groups in total. The van der Waals surface area contributed by atoms with Crippen LogP contribution in [0.1, 0.15) is 31.1 Å². The molecular formula is C20H22Cl2N4O3S. The summed E-state index contributed by atoms with van der Waals surface area (Å²) in [6, 6.07) is 8.74. The highest BCUT2D eigenvalue weighted by atomic mass is 35.5. The Morgan fingerprint density at radius 1 is 1.23 bits per heavy atom.